The standard InChI is InChI=1S/C17H15F5N4O4/c1-29-15-11(3-2-10(18)14(15)19)26-7-9(30-17(20,21)22)5-12(26)16(28)24-8-4-13(27)25-23-6-8/h2-4,6,9,12H,5,7H2,1H3,(H2,24,25,27,28). The number of benzene rings is 1. The van der Waals surface area contributed by atoms with E-state index in [1.165, 1.54) is 0 Å². The Morgan fingerprint density at radius 2 is 2.07 bits per heavy atom. The molecule has 2 N–H and O–H groups in total. The van der Waals surface area contributed by atoms with E-state index >= 15 is 0 Å². The Labute approximate surface area is 165 Å². The molecule has 0 saturated carbocycles. The van der Waals surface area contributed by atoms with Gasteiger partial charge in [-0.1, -0.05) is 0 Å². The molecule has 8 nitrogen and oxygen atoms in total. The van der Waals surface area contributed by atoms with E-state index in [9.17, 15) is 31.5 Å². The molecule has 3 rings (SSSR count). The molecular weight excluding hydrogens is 419 g/mol. The van der Waals surface area contributed by atoms with Crippen LogP contribution >= 0.6 is 0 Å². The molecule has 0 radical (unpaired) electrons. The molecule has 1 aliphatic heterocycles. The van der Waals surface area contributed by atoms with E-state index < -0.39 is 60.3 Å². The predicted molar refractivity (Wildman–Crippen MR) is 93.1 cm³/mol. The first kappa shape index (κ1) is 21.5. The number of nitrogens with one attached hydrogen (secondary N) is 2. The fraction of sp³-hybridized carbons (Fsp3) is 0.353. The summed E-state index contributed by atoms with van der Waals surface area (Å²) in [6, 6.07) is 1.60. The van der Waals surface area contributed by atoms with Gasteiger partial charge in [-0.15, -0.1) is 13.2 Å². The average Bonchev–Trinajstić information content (AvgIpc) is 3.05. The van der Waals surface area contributed by atoms with Crippen molar-refractivity contribution in [1.29, 1.82) is 0 Å². The Morgan fingerprint density at radius 3 is 2.70 bits per heavy atom. The van der Waals surface area contributed by atoms with Crippen LogP contribution in [0.4, 0.5) is 33.3 Å². The van der Waals surface area contributed by atoms with Crippen LogP contribution in [0.5, 0.6) is 5.75 Å². The second kappa shape index (κ2) is 8.26. The second-order valence-electron chi connectivity index (χ2n) is 6.33. The van der Waals surface area contributed by atoms with Gasteiger partial charge in [-0.25, -0.2) is 9.49 Å². The molecule has 0 spiro atoms. The maximum absolute atomic E-state index is 14.1. The Kier molecular flexibility index (Phi) is 5.92. The number of rotatable bonds is 5. The number of hydrogen-bond donors (Lipinski definition) is 2. The maximum Gasteiger partial charge on any atom is 0.522 e. The lowest BCUT2D eigenvalue weighted by Gasteiger charge is -2.27. The van der Waals surface area contributed by atoms with E-state index in [0.29, 0.717) is 0 Å². The topological polar surface area (TPSA) is 96.6 Å². The van der Waals surface area contributed by atoms with Gasteiger partial charge in [0.2, 0.25) is 11.7 Å². The molecule has 1 saturated heterocycles. The number of methoxy groups -OCH3 is 1. The lowest BCUT2D eigenvalue weighted by atomic mass is 10.1. The van der Waals surface area contributed by atoms with Crippen LogP contribution in [0.2, 0.25) is 0 Å². The number of ether oxygens (including phenoxy) is 2. The van der Waals surface area contributed by atoms with Crippen molar-refractivity contribution in [2.45, 2.75) is 24.9 Å². The van der Waals surface area contributed by atoms with Crippen molar-refractivity contribution < 1.29 is 36.2 Å². The van der Waals surface area contributed by atoms with Crippen molar-refractivity contribution in [2.75, 3.05) is 23.9 Å². The number of aromatic amines is 1. The molecule has 1 aromatic carbocycles. The highest BCUT2D eigenvalue weighted by Crippen LogP contribution is 2.38. The summed E-state index contributed by atoms with van der Waals surface area (Å²) in [7, 11) is 1.05. The van der Waals surface area contributed by atoms with Gasteiger partial charge in [0.1, 0.15) is 6.04 Å². The number of aromatic nitrogens is 2. The quantitative estimate of drug-likeness (QED) is 0.701. The molecule has 1 aromatic heterocycles. The van der Waals surface area contributed by atoms with Crippen molar-refractivity contribution in [2.24, 2.45) is 0 Å². The summed E-state index contributed by atoms with van der Waals surface area (Å²) in [4.78, 5) is 25.2. The van der Waals surface area contributed by atoms with E-state index in [-0.39, 0.29) is 11.4 Å². The molecule has 1 fully saturated rings. The Morgan fingerprint density at radius 1 is 1.33 bits per heavy atom. The van der Waals surface area contributed by atoms with E-state index in [1.807, 2.05) is 0 Å². The molecule has 1 amide bonds. The van der Waals surface area contributed by atoms with Gasteiger partial charge in [-0.05, 0) is 12.1 Å². The molecule has 2 atom stereocenters. The summed E-state index contributed by atoms with van der Waals surface area (Å²) >= 11 is 0. The van der Waals surface area contributed by atoms with Crippen molar-refractivity contribution >= 4 is 17.3 Å². The van der Waals surface area contributed by atoms with Gasteiger partial charge >= 0.3 is 6.36 Å². The fourth-order valence-electron chi connectivity index (χ4n) is 3.20. The van der Waals surface area contributed by atoms with E-state index in [0.717, 1.165) is 36.4 Å². The minimum absolute atomic E-state index is 0.00106. The average molecular weight is 434 g/mol. The molecular formula is C17H15F5N4O4. The summed E-state index contributed by atoms with van der Waals surface area (Å²) in [5.74, 6) is -3.96. The van der Waals surface area contributed by atoms with Gasteiger partial charge in [0, 0.05) is 19.0 Å². The van der Waals surface area contributed by atoms with Crippen LogP contribution in [0.1, 0.15) is 6.42 Å². The third-order valence-electron chi connectivity index (χ3n) is 4.34. The first-order chi connectivity index (χ1) is 14.1. The normalized spacial score (nSPS) is 19.1. The third kappa shape index (κ3) is 4.67. The number of nitrogens with zero attached hydrogens (tertiary/aromatic N) is 2. The fourth-order valence-corrected chi connectivity index (χ4v) is 3.20. The van der Waals surface area contributed by atoms with Crippen LogP contribution in [0.15, 0.2) is 29.2 Å². The Balaban J connectivity index is 1.94. The predicted octanol–water partition coefficient (Wildman–Crippen LogP) is 2.18. The van der Waals surface area contributed by atoms with Gasteiger partial charge in [-0.3, -0.25) is 14.3 Å². The molecule has 2 unspecified atom stereocenters. The highest BCUT2D eigenvalue weighted by Gasteiger charge is 2.44. The Bertz CT molecular complexity index is 997. The van der Waals surface area contributed by atoms with Crippen molar-refractivity contribution in [3.05, 3.63) is 46.4 Å². The highest BCUT2D eigenvalue weighted by molar-refractivity contribution is 5.97. The zero-order valence-corrected chi connectivity index (χ0v) is 15.3. The first-order valence-electron chi connectivity index (χ1n) is 8.48. The van der Waals surface area contributed by atoms with Gasteiger partial charge in [0.15, 0.2) is 11.6 Å². The number of H-pyrrole nitrogens is 1. The summed E-state index contributed by atoms with van der Waals surface area (Å²) in [5, 5.41) is 7.97. The molecule has 2 heterocycles. The van der Waals surface area contributed by atoms with E-state index in [4.69, 9.17) is 4.74 Å². The molecule has 2 aromatic rings. The summed E-state index contributed by atoms with van der Waals surface area (Å²) in [6.07, 6.45) is -5.71. The van der Waals surface area contributed by atoms with Crippen molar-refractivity contribution in [3.8, 4) is 5.75 Å². The molecule has 162 valence electrons. The number of anilines is 2. The maximum atomic E-state index is 14.1. The largest absolute Gasteiger partial charge is 0.522 e. The second-order valence-corrected chi connectivity index (χ2v) is 6.33. The van der Waals surface area contributed by atoms with Gasteiger partial charge < -0.3 is 15.0 Å². The molecule has 1 aliphatic rings. The lowest BCUT2D eigenvalue weighted by molar-refractivity contribution is -0.339. The zero-order valence-electron chi connectivity index (χ0n) is 15.3. The summed E-state index contributed by atoms with van der Waals surface area (Å²) in [5.41, 5.74) is -0.744. The minimum atomic E-state index is -4.96. The molecule has 30 heavy (non-hydrogen) atoms. The van der Waals surface area contributed by atoms with Gasteiger partial charge in [0.05, 0.1) is 30.8 Å². The molecule has 0 aliphatic carbocycles. The van der Waals surface area contributed by atoms with Crippen LogP contribution in [-0.2, 0) is 9.53 Å². The number of amides is 1. The monoisotopic (exact) mass is 434 g/mol. The van der Waals surface area contributed by atoms with Crippen molar-refractivity contribution in [1.82, 2.24) is 10.2 Å². The smallest absolute Gasteiger partial charge is 0.491 e. The number of carbonyl (C=O) groups excluding carboxylic acids is 1. The molecule has 13 heteroatoms. The van der Waals surface area contributed by atoms with Gasteiger partial charge in [0.25, 0.3) is 5.56 Å². The minimum Gasteiger partial charge on any atom is -0.491 e. The van der Waals surface area contributed by atoms with Crippen LogP contribution in [0.3, 0.4) is 0 Å². The lowest BCUT2D eigenvalue weighted by Crippen LogP contribution is -2.40. The SMILES string of the molecule is COc1c(N2CC(OC(F)(F)F)CC2C(=O)Nc2cn[nH]c(=O)c2)ccc(F)c1F. The van der Waals surface area contributed by atoms with E-state index in [2.05, 4.69) is 20.3 Å². The zero-order chi connectivity index (χ0) is 22.1. The van der Waals surface area contributed by atoms with E-state index in [1.54, 1.807) is 0 Å². The van der Waals surface area contributed by atoms with Crippen LogP contribution in [-0.4, -0.2) is 48.3 Å². The van der Waals surface area contributed by atoms with Crippen LogP contribution in [0.25, 0.3) is 0 Å². The van der Waals surface area contributed by atoms with Crippen molar-refractivity contribution in [3.63, 3.8) is 0 Å². The first-order valence-corrected chi connectivity index (χ1v) is 8.48. The highest BCUT2D eigenvalue weighted by atomic mass is 19.4. The summed E-state index contributed by atoms with van der Waals surface area (Å²) in [6.45, 7) is -0.452. The van der Waals surface area contributed by atoms with Crippen LogP contribution in [0, 0.1) is 11.6 Å². The number of alkyl halides is 3. The van der Waals surface area contributed by atoms with Crippen LogP contribution < -0.4 is 20.5 Å². The Hall–Kier alpha value is -3.22. The molecule has 0 bridgehead atoms. The number of carbonyl (C=O) groups is 1. The summed E-state index contributed by atoms with van der Waals surface area (Å²) < 4.78 is 74.6. The third-order valence-corrected chi connectivity index (χ3v) is 4.34. The number of halogens is 5. The number of hydrogen-bond acceptors (Lipinski definition) is 6. The van der Waals surface area contributed by atoms with Gasteiger partial charge in [-0.2, -0.15) is 9.49 Å².